The lowest BCUT2D eigenvalue weighted by Gasteiger charge is -2.19. The molecule has 0 spiro atoms. The molecule has 286 valence electrons. The van der Waals surface area contributed by atoms with E-state index in [0.717, 1.165) is 75.4 Å². The van der Waals surface area contributed by atoms with Crippen LogP contribution in [0.1, 0.15) is 70.9 Å². The molecule has 0 bridgehead atoms. The first kappa shape index (κ1) is 46.0. The first-order chi connectivity index (χ1) is 24.8. The minimum atomic E-state index is -0.159. The molecular weight excluding hydrogens is 672 g/mol. The van der Waals surface area contributed by atoms with Crippen LogP contribution >= 0.6 is 11.6 Å². The second-order valence-corrected chi connectivity index (χ2v) is 13.9. The van der Waals surface area contributed by atoms with Gasteiger partial charge in [0.25, 0.3) is 0 Å². The number of halogens is 1. The van der Waals surface area contributed by atoms with E-state index in [1.807, 2.05) is 12.1 Å². The van der Waals surface area contributed by atoms with Gasteiger partial charge in [0.2, 0.25) is 5.69 Å². The monoisotopic (exact) mass is 735 g/mol. The molecule has 0 aromatic heterocycles. The molecule has 0 radical (unpaired) electrons. The number of nitrogens with one attached hydrogen (secondary N) is 2. The highest BCUT2D eigenvalue weighted by molar-refractivity contribution is 6.32. The molecule has 3 aliphatic rings. The summed E-state index contributed by atoms with van der Waals surface area (Å²) in [6, 6.07) is 17.0. The van der Waals surface area contributed by atoms with Crippen molar-refractivity contribution in [3.63, 3.8) is 0 Å². The van der Waals surface area contributed by atoms with Crippen molar-refractivity contribution in [2.75, 3.05) is 47.4 Å². The summed E-state index contributed by atoms with van der Waals surface area (Å²) in [6.45, 7) is 14.6. The molecule has 11 N–H and O–H groups in total. The number of ether oxygens (including phenoxy) is 1. The third-order valence-electron chi connectivity index (χ3n) is 9.01. The first-order valence-electron chi connectivity index (χ1n) is 17.7. The zero-order valence-electron chi connectivity index (χ0n) is 32.4. The molecule has 2 aromatic carbocycles. The summed E-state index contributed by atoms with van der Waals surface area (Å²) in [5, 5.41) is 20.0. The van der Waals surface area contributed by atoms with E-state index in [-0.39, 0.29) is 16.8 Å². The fraction of sp³-hybridized carbons (Fsp3) is 0.439. The summed E-state index contributed by atoms with van der Waals surface area (Å²) >= 11 is 7.01. The highest BCUT2D eigenvalue weighted by Crippen LogP contribution is 2.45. The second kappa shape index (κ2) is 22.8. The van der Waals surface area contributed by atoms with Gasteiger partial charge in [-0.25, -0.2) is 0 Å². The molecular formula is C41H64ClN8O2+. The quantitative estimate of drug-likeness (QED) is 0.0924. The van der Waals surface area contributed by atoms with Crippen LogP contribution in [0.2, 0.25) is 0 Å². The summed E-state index contributed by atoms with van der Waals surface area (Å²) in [5.41, 5.74) is 28.3. The average Bonchev–Trinajstić information content (AvgIpc) is 3.53. The number of rotatable bonds is 8. The van der Waals surface area contributed by atoms with E-state index in [0.29, 0.717) is 6.54 Å². The Labute approximate surface area is 317 Å². The molecule has 0 amide bonds. The molecule has 10 nitrogen and oxygen atoms in total. The van der Waals surface area contributed by atoms with Gasteiger partial charge in [0.05, 0.1) is 10.8 Å². The van der Waals surface area contributed by atoms with Gasteiger partial charge in [-0.15, -0.1) is 0 Å². The number of aliphatic hydroxyl groups is 1. The Balaban J connectivity index is 0.000000771. The summed E-state index contributed by atoms with van der Waals surface area (Å²) in [4.78, 5) is 1.53. The van der Waals surface area contributed by atoms with Crippen LogP contribution in [0.5, 0.6) is 5.75 Å². The maximum atomic E-state index is 7.01. The number of nitrogens with two attached hydrogens (primary N) is 4. The summed E-state index contributed by atoms with van der Waals surface area (Å²) in [6.07, 6.45) is 13.8. The molecule has 52 heavy (non-hydrogen) atoms. The molecule has 0 unspecified atom stereocenters. The molecule has 2 aliphatic heterocycles. The lowest BCUT2D eigenvalue weighted by atomic mass is 9.81. The number of aliphatic hydroxyl groups excluding tert-OH is 1. The molecule has 0 saturated heterocycles. The predicted molar refractivity (Wildman–Crippen MR) is 221 cm³/mol. The number of nitrogens with zero attached hydrogens (tertiary/aromatic N) is 2. The largest absolute Gasteiger partial charge is 0.460 e. The van der Waals surface area contributed by atoms with E-state index < -0.39 is 0 Å². The van der Waals surface area contributed by atoms with Crippen molar-refractivity contribution in [1.82, 2.24) is 4.90 Å². The normalized spacial score (nSPS) is 17.7. The standard InChI is InChI=1S/C33H38ClN2O.C3H9N3.C3H10N2.CH3N.CH4O/c1-32(2)25-13-5-7-15-27(25)36(22-10-21-35)29(32)19-17-23-11-9-12-24(31(23)34)18-20-30-33(3,4)26-14-6-8-16-28(26)37-30;1-6(2)3(4)5;4-2-1-3-5;2*1-2/h5-8,13-20H,9-12,21-22,35H2,1-4H3;1-2H3,(H3,4,5);1-5H2;2H,1H2;2H,1H3/q+1;;;;/b19-17+,24-18+,30-20+;;;;. The van der Waals surface area contributed by atoms with Crippen LogP contribution in [0.25, 0.3) is 0 Å². The van der Waals surface area contributed by atoms with Gasteiger partial charge in [-0.3, -0.25) is 5.41 Å². The summed E-state index contributed by atoms with van der Waals surface area (Å²) < 4.78 is 8.65. The van der Waals surface area contributed by atoms with Crippen LogP contribution in [-0.2, 0) is 10.8 Å². The Morgan fingerprint density at radius 1 is 0.885 bits per heavy atom. The summed E-state index contributed by atoms with van der Waals surface area (Å²) in [7, 11) is 4.45. The minimum absolute atomic E-state index is 0.0765. The van der Waals surface area contributed by atoms with E-state index in [2.05, 4.69) is 99.7 Å². The minimum Gasteiger partial charge on any atom is -0.460 e. The van der Waals surface area contributed by atoms with Crippen LogP contribution in [0.15, 0.2) is 94.8 Å². The lowest BCUT2D eigenvalue weighted by Crippen LogP contribution is -2.28. The first-order valence-corrected chi connectivity index (χ1v) is 18.1. The summed E-state index contributed by atoms with van der Waals surface area (Å²) in [5.74, 6) is 2.00. The van der Waals surface area contributed by atoms with Gasteiger partial charge < -0.3 is 43.1 Å². The number of para-hydroxylation sites is 2. The van der Waals surface area contributed by atoms with Crippen LogP contribution in [-0.4, -0.2) is 80.4 Å². The van der Waals surface area contributed by atoms with Crippen molar-refractivity contribution >= 4 is 35.7 Å². The van der Waals surface area contributed by atoms with Crippen molar-refractivity contribution in [2.24, 2.45) is 22.9 Å². The van der Waals surface area contributed by atoms with Crippen LogP contribution < -0.4 is 27.7 Å². The molecule has 1 aliphatic carbocycles. The number of fused-ring (bicyclic) bond motifs is 2. The smallest absolute Gasteiger partial charge is 0.209 e. The Hall–Kier alpha value is -4.06. The number of guanidine groups is 1. The average molecular weight is 736 g/mol. The van der Waals surface area contributed by atoms with E-state index in [9.17, 15) is 0 Å². The van der Waals surface area contributed by atoms with Crippen molar-refractivity contribution in [2.45, 2.75) is 70.6 Å². The van der Waals surface area contributed by atoms with E-state index in [1.54, 1.807) is 14.1 Å². The van der Waals surface area contributed by atoms with E-state index >= 15 is 0 Å². The van der Waals surface area contributed by atoms with Crippen molar-refractivity contribution < 1.29 is 14.4 Å². The van der Waals surface area contributed by atoms with Gasteiger partial charge in [-0.2, -0.15) is 4.58 Å². The number of allylic oxidation sites excluding steroid dienone is 8. The molecule has 2 heterocycles. The molecule has 11 heteroatoms. The van der Waals surface area contributed by atoms with Crippen molar-refractivity contribution in [3.05, 3.63) is 106 Å². The van der Waals surface area contributed by atoms with Crippen molar-refractivity contribution in [1.29, 1.82) is 10.8 Å². The maximum Gasteiger partial charge on any atom is 0.209 e. The van der Waals surface area contributed by atoms with Gasteiger partial charge in [0.15, 0.2) is 18.2 Å². The second-order valence-electron chi connectivity index (χ2n) is 13.5. The van der Waals surface area contributed by atoms with Crippen LogP contribution in [0.4, 0.5) is 5.69 Å². The van der Waals surface area contributed by atoms with Crippen molar-refractivity contribution in [3.8, 4) is 5.75 Å². The molecule has 0 saturated carbocycles. The topological polar surface area (TPSA) is 187 Å². The lowest BCUT2D eigenvalue weighted by molar-refractivity contribution is -0.437. The Morgan fingerprint density at radius 2 is 1.44 bits per heavy atom. The zero-order valence-corrected chi connectivity index (χ0v) is 33.2. The van der Waals surface area contributed by atoms with E-state index in [4.69, 9.17) is 55.2 Å². The third-order valence-corrected chi connectivity index (χ3v) is 9.49. The van der Waals surface area contributed by atoms with E-state index in [1.165, 1.54) is 38.6 Å². The number of hydrogen-bond acceptors (Lipinski definition) is 7. The zero-order chi connectivity index (χ0) is 39.5. The van der Waals surface area contributed by atoms with Gasteiger partial charge in [0, 0.05) is 55.9 Å². The van der Waals surface area contributed by atoms with Gasteiger partial charge >= 0.3 is 0 Å². The number of benzene rings is 2. The highest BCUT2D eigenvalue weighted by atomic mass is 35.5. The molecule has 0 atom stereocenters. The van der Waals surface area contributed by atoms with Crippen LogP contribution in [0, 0.1) is 10.8 Å². The number of hydrogen-bond donors (Lipinski definition) is 7. The molecule has 0 fully saturated rings. The fourth-order valence-corrected chi connectivity index (χ4v) is 6.32. The Bertz CT molecular complexity index is 1600. The Morgan fingerprint density at radius 3 is 1.98 bits per heavy atom. The molecule has 2 aromatic rings. The third kappa shape index (κ3) is 12.0. The van der Waals surface area contributed by atoms with Gasteiger partial charge in [-0.1, -0.05) is 60.2 Å². The SMILES string of the molecule is C=N.CC1(C)C(/C=C/C2=C(Cl)C(=C/C=C3/Oc4ccccc4C3(C)C)/CCC2)=[N+](CCCN)c2ccccc21.CN(C)C(=N)N.CO.NCCCN. The van der Waals surface area contributed by atoms with Gasteiger partial charge in [-0.05, 0) is 103 Å². The predicted octanol–water partition coefficient (Wildman–Crippen LogP) is 6.43. The Kier molecular flexibility index (Phi) is 20.1. The maximum absolute atomic E-state index is 7.01. The highest BCUT2D eigenvalue weighted by Gasteiger charge is 2.44. The van der Waals surface area contributed by atoms with Crippen LogP contribution in [0.3, 0.4) is 0 Å². The fourth-order valence-electron chi connectivity index (χ4n) is 6.01. The molecule has 5 rings (SSSR count). The van der Waals surface area contributed by atoms with Gasteiger partial charge in [0.1, 0.15) is 11.5 Å².